The van der Waals surface area contributed by atoms with E-state index < -0.39 is 60.1 Å². The fourth-order valence-electron chi connectivity index (χ4n) is 5.91. The summed E-state index contributed by atoms with van der Waals surface area (Å²) in [6.45, 7) is 3.52. The number of primary amides is 1. The molecule has 0 bridgehead atoms. The molecule has 4 rings (SSSR count). The Kier molecular flexibility index (Phi) is 16.9. The third kappa shape index (κ3) is 15.1. The van der Waals surface area contributed by atoms with Crippen LogP contribution in [0.2, 0.25) is 0 Å². The van der Waals surface area contributed by atoms with Crippen LogP contribution >= 0.6 is 0 Å². The molecular weight excluding hydrogens is 750 g/mol. The monoisotopic (exact) mass is 799 g/mol. The second-order valence-corrected chi connectivity index (χ2v) is 14.1. The molecular formula is C41H49N7O10. The average molecular weight is 800 g/mol. The van der Waals surface area contributed by atoms with Crippen molar-refractivity contribution < 1.29 is 48.1 Å². The number of hydrogen-bond donors (Lipinski definition) is 4. The molecule has 58 heavy (non-hydrogen) atoms. The van der Waals surface area contributed by atoms with E-state index in [0.717, 1.165) is 11.1 Å². The van der Waals surface area contributed by atoms with E-state index in [0.29, 0.717) is 17.7 Å². The predicted octanol–water partition coefficient (Wildman–Crippen LogP) is 2.58. The maximum atomic E-state index is 14.0. The average Bonchev–Trinajstić information content (AvgIpc) is 3.64. The highest BCUT2D eigenvalue weighted by Crippen LogP contribution is 2.20. The summed E-state index contributed by atoms with van der Waals surface area (Å²) in [5, 5.41) is 26.6. The predicted molar refractivity (Wildman–Crippen MR) is 208 cm³/mol. The van der Waals surface area contributed by atoms with Crippen LogP contribution in [0.15, 0.2) is 78.9 Å². The lowest BCUT2D eigenvalue weighted by molar-refractivity contribution is -0.145. The molecule has 5 N–H and O–H groups in total. The number of benzene rings is 3. The van der Waals surface area contributed by atoms with Gasteiger partial charge in [0.15, 0.2) is 18.2 Å². The van der Waals surface area contributed by atoms with Crippen molar-refractivity contribution in [2.75, 3.05) is 13.7 Å². The van der Waals surface area contributed by atoms with Gasteiger partial charge in [-0.25, -0.2) is 4.79 Å². The van der Waals surface area contributed by atoms with Crippen molar-refractivity contribution in [1.82, 2.24) is 30.8 Å². The number of rotatable bonds is 24. The van der Waals surface area contributed by atoms with Crippen LogP contribution in [0.4, 0.5) is 0 Å². The molecule has 0 fully saturated rings. The first-order valence-corrected chi connectivity index (χ1v) is 18.7. The van der Waals surface area contributed by atoms with Gasteiger partial charge in [0.2, 0.25) is 17.7 Å². The SMILES string of the molecule is COc1ccc(Cn2nnc(CC(=O)N[C@@H](CCC(=O)OCc3ccccc3)C(=O)N[C@@H](Cc3ccc(OCC(=O)O)cc3)C(=O)C[C@@H](CC(C)C)C(N)=O)n2)cc1. The number of aliphatic carboxylic acids is 1. The molecule has 0 unspecified atom stereocenters. The molecule has 3 atom stereocenters. The van der Waals surface area contributed by atoms with E-state index in [1.807, 2.05) is 32.0 Å². The smallest absolute Gasteiger partial charge is 0.341 e. The van der Waals surface area contributed by atoms with E-state index in [1.165, 1.54) is 16.9 Å². The van der Waals surface area contributed by atoms with Gasteiger partial charge in [-0.05, 0) is 71.3 Å². The number of hydrogen-bond acceptors (Lipinski definition) is 12. The highest BCUT2D eigenvalue weighted by Gasteiger charge is 2.31. The summed E-state index contributed by atoms with van der Waals surface area (Å²) in [6.07, 6.45) is -0.720. The Bertz CT molecular complexity index is 1990. The molecule has 0 radical (unpaired) electrons. The summed E-state index contributed by atoms with van der Waals surface area (Å²) in [4.78, 5) is 78.7. The number of nitrogens with one attached hydrogen (secondary N) is 2. The Hall–Kier alpha value is -6.65. The summed E-state index contributed by atoms with van der Waals surface area (Å²) in [6, 6.07) is 20.1. The number of ketones is 1. The van der Waals surface area contributed by atoms with E-state index in [-0.39, 0.29) is 62.7 Å². The van der Waals surface area contributed by atoms with Gasteiger partial charge in [0.1, 0.15) is 24.1 Å². The molecule has 1 aromatic heterocycles. The number of Topliss-reactive ketones (excluding diaryl/α,β-unsaturated/α-hetero) is 1. The van der Waals surface area contributed by atoms with Gasteiger partial charge in [0.25, 0.3) is 0 Å². The minimum absolute atomic E-state index is 0.00880. The minimum Gasteiger partial charge on any atom is -0.497 e. The lowest BCUT2D eigenvalue weighted by Gasteiger charge is -2.24. The van der Waals surface area contributed by atoms with Crippen LogP contribution in [0.1, 0.15) is 62.0 Å². The van der Waals surface area contributed by atoms with Crippen LogP contribution in [0.5, 0.6) is 11.5 Å². The van der Waals surface area contributed by atoms with Gasteiger partial charge in [0.05, 0.1) is 26.1 Å². The number of carboxylic acids is 1. The van der Waals surface area contributed by atoms with Gasteiger partial charge in [0, 0.05) is 18.8 Å². The number of ether oxygens (including phenoxy) is 3. The summed E-state index contributed by atoms with van der Waals surface area (Å²) < 4.78 is 15.8. The lowest BCUT2D eigenvalue weighted by atomic mass is 9.88. The van der Waals surface area contributed by atoms with Gasteiger partial charge >= 0.3 is 11.9 Å². The van der Waals surface area contributed by atoms with E-state index in [1.54, 1.807) is 55.6 Å². The molecule has 0 aliphatic heterocycles. The van der Waals surface area contributed by atoms with Crippen molar-refractivity contribution in [2.24, 2.45) is 17.6 Å². The van der Waals surface area contributed by atoms with Crippen molar-refractivity contribution in [3.63, 3.8) is 0 Å². The molecule has 17 heteroatoms. The van der Waals surface area contributed by atoms with Crippen LogP contribution in [-0.4, -0.2) is 86.6 Å². The molecule has 0 aliphatic rings. The van der Waals surface area contributed by atoms with Crippen molar-refractivity contribution in [3.05, 3.63) is 101 Å². The molecule has 308 valence electrons. The summed E-state index contributed by atoms with van der Waals surface area (Å²) in [5.41, 5.74) is 7.86. The number of esters is 1. The topological polar surface area (TPSA) is 244 Å². The standard InChI is InChI=1S/C41H49N7O10/c1-26(2)19-30(40(42)54)21-35(49)34(20-27-9-15-32(16-10-27)57-25-38(51)52)44-41(55)33(17-18-39(53)58-24-29-7-5-4-6-8-29)43-37(50)22-36-45-47-48(46-36)23-28-11-13-31(56-3)14-12-28/h4-16,26,30,33-34H,17-25H2,1-3H3,(H2,42,54)(H,43,50)(H,44,55)(H,51,52)/t30-,33+,34+/m1/s1. The molecule has 4 aromatic rings. The Morgan fingerprint density at radius 3 is 2.16 bits per heavy atom. The minimum atomic E-state index is -1.31. The Labute approximate surface area is 335 Å². The zero-order chi connectivity index (χ0) is 42.0. The van der Waals surface area contributed by atoms with Crippen molar-refractivity contribution in [2.45, 2.75) is 77.6 Å². The number of carbonyl (C=O) groups is 6. The van der Waals surface area contributed by atoms with Crippen LogP contribution in [0.3, 0.4) is 0 Å². The zero-order valence-electron chi connectivity index (χ0n) is 32.7. The van der Waals surface area contributed by atoms with Gasteiger partial charge in [-0.2, -0.15) is 4.80 Å². The number of tetrazole rings is 1. The van der Waals surface area contributed by atoms with Crippen molar-refractivity contribution in [3.8, 4) is 11.5 Å². The molecule has 0 saturated heterocycles. The molecule has 3 aromatic carbocycles. The summed E-state index contributed by atoms with van der Waals surface area (Å²) in [7, 11) is 1.56. The molecule has 0 spiro atoms. The Balaban J connectivity index is 1.51. The van der Waals surface area contributed by atoms with Gasteiger partial charge < -0.3 is 35.7 Å². The third-order valence-corrected chi connectivity index (χ3v) is 8.86. The second-order valence-electron chi connectivity index (χ2n) is 14.1. The largest absolute Gasteiger partial charge is 0.497 e. The summed E-state index contributed by atoms with van der Waals surface area (Å²) >= 11 is 0. The van der Waals surface area contributed by atoms with E-state index in [9.17, 15) is 28.8 Å². The number of nitrogens with zero attached hydrogens (tertiary/aromatic N) is 4. The first kappa shape index (κ1) is 44.1. The maximum absolute atomic E-state index is 14.0. The normalized spacial score (nSPS) is 12.5. The molecule has 1 heterocycles. The van der Waals surface area contributed by atoms with E-state index in [4.69, 9.17) is 25.1 Å². The zero-order valence-corrected chi connectivity index (χ0v) is 32.7. The number of aromatic nitrogens is 4. The third-order valence-electron chi connectivity index (χ3n) is 8.86. The number of methoxy groups -OCH3 is 1. The number of carboxylic acid groups (broad SMARTS) is 1. The molecule has 0 aliphatic carbocycles. The number of amides is 3. The second kappa shape index (κ2) is 22.2. The van der Waals surface area contributed by atoms with Gasteiger partial charge in [-0.15, -0.1) is 10.2 Å². The number of nitrogens with two attached hydrogens (primary N) is 1. The van der Waals surface area contributed by atoms with Gasteiger partial charge in [-0.3, -0.25) is 24.0 Å². The highest BCUT2D eigenvalue weighted by molar-refractivity contribution is 5.95. The van der Waals surface area contributed by atoms with Crippen LogP contribution in [0.25, 0.3) is 0 Å². The Morgan fingerprint density at radius 2 is 1.52 bits per heavy atom. The molecule has 17 nitrogen and oxygen atoms in total. The Morgan fingerprint density at radius 1 is 0.845 bits per heavy atom. The highest BCUT2D eigenvalue weighted by atomic mass is 16.5. The molecule has 3 amide bonds. The van der Waals surface area contributed by atoms with Crippen molar-refractivity contribution >= 4 is 35.4 Å². The first-order chi connectivity index (χ1) is 27.8. The summed E-state index contributed by atoms with van der Waals surface area (Å²) in [5.74, 6) is -4.00. The first-order valence-electron chi connectivity index (χ1n) is 18.7. The van der Waals surface area contributed by atoms with Crippen molar-refractivity contribution in [1.29, 1.82) is 0 Å². The van der Waals surface area contributed by atoms with Crippen LogP contribution in [-0.2, 0) is 59.5 Å². The lowest BCUT2D eigenvalue weighted by Crippen LogP contribution is -2.53. The fourth-order valence-corrected chi connectivity index (χ4v) is 5.91. The number of carbonyl (C=O) groups excluding carboxylic acids is 5. The van der Waals surface area contributed by atoms with Gasteiger partial charge in [-0.1, -0.05) is 68.4 Å². The maximum Gasteiger partial charge on any atom is 0.341 e. The fraction of sp³-hybridized carbons (Fsp3) is 0.390. The quantitative estimate of drug-likeness (QED) is 0.0746. The van der Waals surface area contributed by atoms with Crippen LogP contribution in [0, 0.1) is 11.8 Å². The van der Waals surface area contributed by atoms with Crippen LogP contribution < -0.4 is 25.8 Å². The molecule has 0 saturated carbocycles. The van der Waals surface area contributed by atoms with E-state index >= 15 is 0 Å². The van der Waals surface area contributed by atoms with E-state index in [2.05, 4.69) is 26.0 Å².